The summed E-state index contributed by atoms with van der Waals surface area (Å²) in [6, 6.07) is 107. The molecule has 1 heteroatoms. The van der Waals surface area contributed by atoms with Crippen LogP contribution < -0.4 is 4.90 Å². The first kappa shape index (κ1) is 42.0. The van der Waals surface area contributed by atoms with E-state index in [1.165, 1.54) is 122 Å². The molecule has 0 aliphatic heterocycles. The number of fused-ring (bicyclic) bond motifs is 21. The highest BCUT2D eigenvalue weighted by molar-refractivity contribution is 6.06. The van der Waals surface area contributed by atoms with Gasteiger partial charge in [0.2, 0.25) is 0 Å². The van der Waals surface area contributed by atoms with Gasteiger partial charge in [-0.1, -0.05) is 255 Å². The lowest BCUT2D eigenvalue weighted by Gasteiger charge is -2.35. The second-order valence-corrected chi connectivity index (χ2v) is 20.5. The average Bonchev–Trinajstić information content (AvgIpc) is 4.29. The third-order valence-corrected chi connectivity index (χ3v) is 17.1. The molecular formula is C74H47N. The first-order valence-electron chi connectivity index (χ1n) is 26.3. The van der Waals surface area contributed by atoms with E-state index in [1.54, 1.807) is 0 Å². The molecular weight excluding hydrogens is 903 g/mol. The Kier molecular flexibility index (Phi) is 8.94. The first-order valence-corrected chi connectivity index (χ1v) is 26.3. The lowest BCUT2D eigenvalue weighted by molar-refractivity contribution is 0.768. The Bertz CT molecular complexity index is 4220. The molecule has 12 aromatic carbocycles. The number of anilines is 3. The van der Waals surface area contributed by atoms with Crippen molar-refractivity contribution in [1.29, 1.82) is 0 Å². The minimum atomic E-state index is -0.579. The smallest absolute Gasteiger partial charge is 0.0726 e. The van der Waals surface area contributed by atoms with Crippen LogP contribution in [0.3, 0.4) is 0 Å². The fourth-order valence-electron chi connectivity index (χ4n) is 14.3. The lowest BCUT2D eigenvalue weighted by Crippen LogP contribution is -2.28. The van der Waals surface area contributed by atoms with Gasteiger partial charge < -0.3 is 4.90 Å². The van der Waals surface area contributed by atoms with Gasteiger partial charge in [-0.2, -0.15) is 0 Å². The van der Waals surface area contributed by atoms with Crippen molar-refractivity contribution in [2.24, 2.45) is 0 Å². The van der Waals surface area contributed by atoms with E-state index in [9.17, 15) is 0 Å². The molecule has 1 nitrogen and oxygen atoms in total. The van der Waals surface area contributed by atoms with E-state index in [0.717, 1.165) is 17.1 Å². The Hall–Kier alpha value is -9.56. The van der Waals surface area contributed by atoms with Gasteiger partial charge in [-0.3, -0.25) is 0 Å². The fraction of sp³-hybridized carbons (Fsp3) is 0.0270. The van der Waals surface area contributed by atoms with Crippen LogP contribution >= 0.6 is 0 Å². The quantitative estimate of drug-likeness (QED) is 0.166. The molecule has 0 amide bonds. The summed E-state index contributed by atoms with van der Waals surface area (Å²) in [6.07, 6.45) is 0. The third kappa shape index (κ3) is 5.62. The monoisotopic (exact) mass is 949 g/mol. The lowest BCUT2D eigenvalue weighted by atomic mass is 9.67. The molecule has 16 rings (SSSR count). The molecule has 0 bridgehead atoms. The van der Waals surface area contributed by atoms with Crippen LogP contribution in [0.25, 0.3) is 77.9 Å². The van der Waals surface area contributed by atoms with Crippen molar-refractivity contribution in [2.45, 2.75) is 10.8 Å². The molecule has 4 aliphatic carbocycles. The number of hydrogen-bond donors (Lipinski definition) is 0. The van der Waals surface area contributed by atoms with Crippen LogP contribution in [0.1, 0.15) is 44.5 Å². The Balaban J connectivity index is 1.02. The van der Waals surface area contributed by atoms with Crippen molar-refractivity contribution in [3.63, 3.8) is 0 Å². The minimum absolute atomic E-state index is 0.502. The molecule has 0 saturated heterocycles. The molecule has 0 saturated carbocycles. The van der Waals surface area contributed by atoms with Gasteiger partial charge in [0.05, 0.1) is 16.5 Å². The highest BCUT2D eigenvalue weighted by Gasteiger charge is 2.53. The Morgan fingerprint density at radius 2 is 0.533 bits per heavy atom. The van der Waals surface area contributed by atoms with Crippen molar-refractivity contribution in [3.8, 4) is 77.9 Å². The second kappa shape index (κ2) is 16.0. The van der Waals surface area contributed by atoms with E-state index in [-0.39, 0.29) is 0 Å². The van der Waals surface area contributed by atoms with E-state index < -0.39 is 10.8 Å². The average molecular weight is 950 g/mol. The van der Waals surface area contributed by atoms with Crippen molar-refractivity contribution < 1.29 is 0 Å². The Morgan fingerprint density at radius 3 is 1.03 bits per heavy atom. The summed E-state index contributed by atoms with van der Waals surface area (Å²) in [5, 5.41) is 0. The predicted octanol–water partition coefficient (Wildman–Crippen LogP) is 18.8. The second-order valence-electron chi connectivity index (χ2n) is 20.5. The third-order valence-electron chi connectivity index (χ3n) is 17.1. The number of benzene rings is 12. The number of nitrogens with zero attached hydrogens (tertiary/aromatic N) is 1. The highest BCUT2D eigenvalue weighted by atomic mass is 15.1. The van der Waals surface area contributed by atoms with Gasteiger partial charge in [0, 0.05) is 16.9 Å². The Labute approximate surface area is 438 Å². The maximum Gasteiger partial charge on any atom is 0.0726 e. The molecule has 0 aromatic heterocycles. The zero-order valence-electron chi connectivity index (χ0n) is 41.1. The molecule has 75 heavy (non-hydrogen) atoms. The van der Waals surface area contributed by atoms with E-state index in [1.807, 2.05) is 0 Å². The highest BCUT2D eigenvalue weighted by Crippen LogP contribution is 2.65. The zero-order chi connectivity index (χ0) is 49.2. The van der Waals surface area contributed by atoms with E-state index >= 15 is 0 Å². The maximum atomic E-state index is 2.59. The topological polar surface area (TPSA) is 3.24 Å². The Morgan fingerprint density at radius 1 is 0.200 bits per heavy atom. The normalized spacial score (nSPS) is 13.8. The molecule has 12 aromatic rings. The number of rotatable bonds is 5. The van der Waals surface area contributed by atoms with Crippen LogP contribution in [0.5, 0.6) is 0 Å². The number of hydrogen-bond acceptors (Lipinski definition) is 1. The van der Waals surface area contributed by atoms with Gasteiger partial charge in [-0.15, -0.1) is 0 Å². The molecule has 348 valence electrons. The van der Waals surface area contributed by atoms with Crippen LogP contribution in [0, 0.1) is 0 Å². The van der Waals surface area contributed by atoms with Gasteiger partial charge in [0.15, 0.2) is 0 Å². The van der Waals surface area contributed by atoms with Crippen molar-refractivity contribution in [1.82, 2.24) is 0 Å². The van der Waals surface area contributed by atoms with Gasteiger partial charge in [0.1, 0.15) is 0 Å². The molecule has 1 spiro atoms. The molecule has 0 fully saturated rings. The summed E-state index contributed by atoms with van der Waals surface area (Å²) in [5.74, 6) is 0. The molecule has 0 radical (unpaired) electrons. The van der Waals surface area contributed by atoms with Crippen molar-refractivity contribution in [3.05, 3.63) is 330 Å². The molecule has 0 atom stereocenters. The van der Waals surface area contributed by atoms with Gasteiger partial charge >= 0.3 is 0 Å². The van der Waals surface area contributed by atoms with Crippen LogP contribution in [-0.2, 0) is 10.8 Å². The predicted molar refractivity (Wildman–Crippen MR) is 310 cm³/mol. The largest absolute Gasteiger partial charge is 0.310 e. The molecule has 4 aliphatic rings. The molecule has 0 N–H and O–H groups in total. The minimum Gasteiger partial charge on any atom is -0.310 e. The van der Waals surface area contributed by atoms with Crippen molar-refractivity contribution >= 4 is 17.1 Å². The first-order chi connectivity index (χ1) is 37.2. The van der Waals surface area contributed by atoms with E-state index in [4.69, 9.17) is 0 Å². The van der Waals surface area contributed by atoms with Crippen molar-refractivity contribution in [2.75, 3.05) is 4.90 Å². The standard InChI is InChI=1S/C74H47N/c1-3-22-48(23-4-1)73(49-24-5-2-6-25-49)65-36-17-13-34-61(65)62-45-43-51(47-70(62)73)75(50-42-44-58-56-30-10-9-28-54(56)52-26-7-8-27-53(52)55-29-11-12-31-57(55)64(58)46-50)71-41-21-40-69-72(71)63-35-16-20-39-68(63)74(69)66-37-18-14-32-59(66)60-33-15-19-38-67(60)74/h1-47H. The van der Waals surface area contributed by atoms with Crippen LogP contribution in [0.2, 0.25) is 0 Å². The summed E-state index contributed by atoms with van der Waals surface area (Å²) in [5.41, 5.74) is 30.1. The maximum absolute atomic E-state index is 2.59. The zero-order valence-corrected chi connectivity index (χ0v) is 41.1. The molecule has 0 unspecified atom stereocenters. The SMILES string of the molecule is c1ccc(C2(c3ccccc3)c3ccccc3-c3ccc(N(c4ccc5c(c4)-c4ccccc4-c4ccccc4-c4ccccc4-5)c4cccc5c4-c4ccccc4C54c5ccccc5-c5ccccc54)cc32)cc1. The summed E-state index contributed by atoms with van der Waals surface area (Å²) < 4.78 is 0. The molecule has 0 heterocycles. The van der Waals surface area contributed by atoms with Gasteiger partial charge in [-0.05, 0) is 147 Å². The van der Waals surface area contributed by atoms with E-state index in [2.05, 4.69) is 290 Å². The summed E-state index contributed by atoms with van der Waals surface area (Å²) >= 11 is 0. The van der Waals surface area contributed by atoms with Crippen LogP contribution in [-0.4, -0.2) is 0 Å². The summed E-state index contributed by atoms with van der Waals surface area (Å²) in [4.78, 5) is 2.59. The van der Waals surface area contributed by atoms with Crippen LogP contribution in [0.15, 0.2) is 285 Å². The fourth-order valence-corrected chi connectivity index (χ4v) is 14.3. The van der Waals surface area contributed by atoms with E-state index in [0.29, 0.717) is 0 Å². The van der Waals surface area contributed by atoms with Crippen LogP contribution in [0.4, 0.5) is 17.1 Å². The van der Waals surface area contributed by atoms with Gasteiger partial charge in [0.25, 0.3) is 0 Å². The summed E-state index contributed by atoms with van der Waals surface area (Å²) in [6.45, 7) is 0. The van der Waals surface area contributed by atoms with Gasteiger partial charge in [-0.25, -0.2) is 0 Å². The summed E-state index contributed by atoms with van der Waals surface area (Å²) in [7, 11) is 0.